The van der Waals surface area contributed by atoms with Gasteiger partial charge < -0.3 is 11.1 Å². The van der Waals surface area contributed by atoms with Crippen LogP contribution in [0.3, 0.4) is 0 Å². The van der Waals surface area contributed by atoms with Crippen LogP contribution in [0, 0.1) is 0 Å². The predicted molar refractivity (Wildman–Crippen MR) is 87.8 cm³/mol. The molecular weight excluding hydrogens is 296 g/mol. The number of amides is 1. The van der Waals surface area contributed by atoms with E-state index in [1.54, 1.807) is 17.5 Å². The van der Waals surface area contributed by atoms with Crippen LogP contribution in [0.1, 0.15) is 23.2 Å². The number of benzene rings is 1. The number of nitrogen functional groups attached to an aromatic ring is 1. The van der Waals surface area contributed by atoms with E-state index in [1.165, 1.54) is 0 Å². The SMILES string of the molecule is Nc1ncc2scc(-c3cccc(C(=O)NC4CC4)c3)c2n1. The van der Waals surface area contributed by atoms with Crippen molar-refractivity contribution >= 4 is 33.4 Å². The molecule has 0 aliphatic heterocycles. The molecule has 0 saturated heterocycles. The molecular formula is C16H14N4OS. The van der Waals surface area contributed by atoms with Crippen molar-refractivity contribution < 1.29 is 4.79 Å². The lowest BCUT2D eigenvalue weighted by atomic mass is 10.0. The highest BCUT2D eigenvalue weighted by atomic mass is 32.1. The minimum atomic E-state index is -0.0157. The first-order chi connectivity index (χ1) is 10.7. The van der Waals surface area contributed by atoms with Crippen LogP contribution >= 0.6 is 11.3 Å². The van der Waals surface area contributed by atoms with E-state index in [9.17, 15) is 4.79 Å². The molecule has 1 saturated carbocycles. The molecule has 3 aromatic rings. The van der Waals surface area contributed by atoms with Crippen LogP contribution in [0.15, 0.2) is 35.8 Å². The van der Waals surface area contributed by atoms with Crippen LogP contribution in [0.5, 0.6) is 0 Å². The Labute approximate surface area is 131 Å². The average Bonchev–Trinajstić information content (AvgIpc) is 3.24. The normalized spacial score (nSPS) is 14.2. The van der Waals surface area contributed by atoms with E-state index in [0.29, 0.717) is 11.6 Å². The van der Waals surface area contributed by atoms with Crippen molar-refractivity contribution in [3.05, 3.63) is 41.4 Å². The molecule has 1 aliphatic rings. The van der Waals surface area contributed by atoms with E-state index in [-0.39, 0.29) is 11.9 Å². The number of aromatic nitrogens is 2. The number of fused-ring (bicyclic) bond motifs is 1. The van der Waals surface area contributed by atoms with E-state index in [1.807, 2.05) is 29.6 Å². The summed E-state index contributed by atoms with van der Waals surface area (Å²) >= 11 is 1.57. The quantitative estimate of drug-likeness (QED) is 0.779. The van der Waals surface area contributed by atoms with Crippen molar-refractivity contribution in [2.24, 2.45) is 0 Å². The van der Waals surface area contributed by atoms with Gasteiger partial charge in [0.15, 0.2) is 0 Å². The summed E-state index contributed by atoms with van der Waals surface area (Å²) in [6.45, 7) is 0. The van der Waals surface area contributed by atoms with Crippen LogP contribution < -0.4 is 11.1 Å². The number of carbonyl (C=O) groups is 1. The van der Waals surface area contributed by atoms with Crippen LogP contribution in [0.2, 0.25) is 0 Å². The minimum Gasteiger partial charge on any atom is -0.368 e. The molecule has 4 rings (SSSR count). The Morgan fingerprint density at radius 2 is 2.23 bits per heavy atom. The van der Waals surface area contributed by atoms with Gasteiger partial charge in [0.05, 0.1) is 16.4 Å². The number of thiophene rings is 1. The molecule has 0 bridgehead atoms. The van der Waals surface area contributed by atoms with Gasteiger partial charge in [0.2, 0.25) is 5.95 Å². The summed E-state index contributed by atoms with van der Waals surface area (Å²) in [7, 11) is 0. The van der Waals surface area contributed by atoms with Gasteiger partial charge in [0.25, 0.3) is 5.91 Å². The monoisotopic (exact) mass is 310 g/mol. The van der Waals surface area contributed by atoms with Crippen LogP contribution in [0.25, 0.3) is 21.3 Å². The van der Waals surface area contributed by atoms with Crippen molar-refractivity contribution in [1.29, 1.82) is 0 Å². The van der Waals surface area contributed by atoms with Crippen molar-refractivity contribution in [2.75, 3.05) is 5.73 Å². The molecule has 6 heteroatoms. The summed E-state index contributed by atoms with van der Waals surface area (Å²) in [4.78, 5) is 20.5. The Hall–Kier alpha value is -2.47. The zero-order valence-corrected chi connectivity index (χ0v) is 12.6. The number of anilines is 1. The number of carbonyl (C=O) groups excluding carboxylic acids is 1. The number of nitrogens with zero attached hydrogens (tertiary/aromatic N) is 2. The zero-order valence-electron chi connectivity index (χ0n) is 11.7. The predicted octanol–water partition coefficient (Wildman–Crippen LogP) is 2.83. The Bertz CT molecular complexity index is 869. The zero-order chi connectivity index (χ0) is 15.1. The second kappa shape index (κ2) is 5.06. The van der Waals surface area contributed by atoms with Gasteiger partial charge in [0, 0.05) is 22.5 Å². The molecule has 2 aromatic heterocycles. The first-order valence-corrected chi connectivity index (χ1v) is 8.00. The third-order valence-electron chi connectivity index (χ3n) is 3.68. The van der Waals surface area contributed by atoms with Gasteiger partial charge in [-0.1, -0.05) is 12.1 Å². The van der Waals surface area contributed by atoms with Crippen molar-refractivity contribution in [3.63, 3.8) is 0 Å². The first kappa shape index (κ1) is 13.2. The summed E-state index contributed by atoms with van der Waals surface area (Å²) in [5, 5.41) is 5.03. The topological polar surface area (TPSA) is 80.9 Å². The maximum Gasteiger partial charge on any atom is 0.251 e. The number of nitrogens with one attached hydrogen (secondary N) is 1. The summed E-state index contributed by atoms with van der Waals surface area (Å²) in [6.07, 6.45) is 3.89. The van der Waals surface area contributed by atoms with Crippen molar-refractivity contribution in [1.82, 2.24) is 15.3 Å². The lowest BCUT2D eigenvalue weighted by molar-refractivity contribution is 0.0951. The van der Waals surface area contributed by atoms with Crippen LogP contribution in [-0.4, -0.2) is 21.9 Å². The van der Waals surface area contributed by atoms with Gasteiger partial charge >= 0.3 is 0 Å². The molecule has 1 aliphatic carbocycles. The molecule has 0 unspecified atom stereocenters. The fourth-order valence-corrected chi connectivity index (χ4v) is 3.24. The Morgan fingerprint density at radius 1 is 1.36 bits per heavy atom. The largest absolute Gasteiger partial charge is 0.368 e. The van der Waals surface area contributed by atoms with Gasteiger partial charge in [-0.3, -0.25) is 4.79 Å². The van der Waals surface area contributed by atoms with Gasteiger partial charge in [-0.15, -0.1) is 11.3 Å². The Kier molecular flexibility index (Phi) is 3.04. The highest BCUT2D eigenvalue weighted by molar-refractivity contribution is 7.17. The second-order valence-electron chi connectivity index (χ2n) is 5.42. The Balaban J connectivity index is 1.74. The van der Waals surface area contributed by atoms with E-state index in [2.05, 4.69) is 15.3 Å². The highest BCUT2D eigenvalue weighted by Crippen LogP contribution is 2.33. The molecule has 1 aromatic carbocycles. The maximum absolute atomic E-state index is 12.2. The van der Waals surface area contributed by atoms with Gasteiger partial charge in [-0.2, -0.15) is 0 Å². The number of rotatable bonds is 3. The average molecular weight is 310 g/mol. The lowest BCUT2D eigenvalue weighted by Crippen LogP contribution is -2.25. The highest BCUT2D eigenvalue weighted by Gasteiger charge is 2.24. The van der Waals surface area contributed by atoms with Gasteiger partial charge in [-0.05, 0) is 30.5 Å². The molecule has 1 amide bonds. The van der Waals surface area contributed by atoms with Crippen LogP contribution in [-0.2, 0) is 0 Å². The first-order valence-electron chi connectivity index (χ1n) is 7.12. The molecule has 22 heavy (non-hydrogen) atoms. The van der Waals surface area contributed by atoms with E-state index < -0.39 is 0 Å². The second-order valence-corrected chi connectivity index (χ2v) is 6.33. The van der Waals surface area contributed by atoms with E-state index in [0.717, 1.165) is 34.2 Å². The summed E-state index contributed by atoms with van der Waals surface area (Å²) in [5.74, 6) is 0.243. The van der Waals surface area contributed by atoms with E-state index in [4.69, 9.17) is 5.73 Å². The fraction of sp³-hybridized carbons (Fsp3) is 0.188. The smallest absolute Gasteiger partial charge is 0.251 e. The standard InChI is InChI=1S/C16H14N4OS/c17-16-18-7-13-14(20-16)12(8-22-13)9-2-1-3-10(6-9)15(21)19-11-4-5-11/h1-3,6-8,11H,4-5H2,(H,19,21)(H2,17,18,20). The van der Waals surface area contributed by atoms with E-state index >= 15 is 0 Å². The van der Waals surface area contributed by atoms with Crippen molar-refractivity contribution in [3.8, 4) is 11.1 Å². The maximum atomic E-state index is 12.2. The molecule has 3 N–H and O–H groups in total. The summed E-state index contributed by atoms with van der Waals surface area (Å²) in [5.41, 5.74) is 9.14. The minimum absolute atomic E-state index is 0.0157. The summed E-state index contributed by atoms with van der Waals surface area (Å²) in [6, 6.07) is 7.96. The molecule has 1 fully saturated rings. The Morgan fingerprint density at radius 3 is 3.05 bits per heavy atom. The van der Waals surface area contributed by atoms with Crippen molar-refractivity contribution in [2.45, 2.75) is 18.9 Å². The fourth-order valence-electron chi connectivity index (χ4n) is 2.37. The lowest BCUT2D eigenvalue weighted by Gasteiger charge is -2.05. The third kappa shape index (κ3) is 2.42. The molecule has 0 spiro atoms. The van der Waals surface area contributed by atoms with Gasteiger partial charge in [0.1, 0.15) is 0 Å². The molecule has 0 atom stereocenters. The molecule has 0 radical (unpaired) electrons. The molecule has 5 nitrogen and oxygen atoms in total. The molecule has 2 heterocycles. The van der Waals surface area contributed by atoms with Gasteiger partial charge in [-0.25, -0.2) is 9.97 Å². The number of hydrogen-bond donors (Lipinski definition) is 2. The van der Waals surface area contributed by atoms with Crippen LogP contribution in [0.4, 0.5) is 5.95 Å². The number of nitrogens with two attached hydrogens (primary N) is 1. The number of hydrogen-bond acceptors (Lipinski definition) is 5. The molecule has 110 valence electrons. The third-order valence-corrected chi connectivity index (χ3v) is 4.59. The summed E-state index contributed by atoms with van der Waals surface area (Å²) < 4.78 is 0.983.